The number of carbonyl (C=O) groups excluding carboxylic acids is 1. The number of nitrogens with zero attached hydrogens (tertiary/aromatic N) is 2. The highest BCUT2D eigenvalue weighted by Crippen LogP contribution is 2.27. The lowest BCUT2D eigenvalue weighted by molar-refractivity contribution is -0.115. The van der Waals surface area contributed by atoms with Gasteiger partial charge in [0.15, 0.2) is 5.16 Å². The van der Waals surface area contributed by atoms with E-state index in [-0.39, 0.29) is 22.3 Å². The second-order valence-electron chi connectivity index (χ2n) is 6.38. The molecule has 30 heavy (non-hydrogen) atoms. The monoisotopic (exact) mass is 458 g/mol. The summed E-state index contributed by atoms with van der Waals surface area (Å²) in [6, 6.07) is 13.8. The molecule has 6 nitrogen and oxygen atoms in total. The zero-order valence-electron chi connectivity index (χ0n) is 16.0. The van der Waals surface area contributed by atoms with Crippen molar-refractivity contribution in [2.45, 2.75) is 24.3 Å². The minimum Gasteiger partial charge on any atom is -0.325 e. The first-order valence-electron chi connectivity index (χ1n) is 8.83. The number of H-pyrrole nitrogens is 1. The SMILES string of the molecule is Cc1c(Cl)cccc1NC(=O)[C@@H](C)Sc1nc(-c2ccc(Cl)cc2)c(C#N)c(=O)[nH]1. The van der Waals surface area contributed by atoms with E-state index >= 15 is 0 Å². The van der Waals surface area contributed by atoms with Crippen molar-refractivity contribution >= 4 is 46.6 Å². The molecular formula is C21H16Cl2N4O2S. The number of halogens is 2. The summed E-state index contributed by atoms with van der Waals surface area (Å²) in [6.07, 6.45) is 0. The van der Waals surface area contributed by atoms with E-state index in [1.54, 1.807) is 49.4 Å². The Labute approximate surface area is 187 Å². The number of nitriles is 1. The number of carbonyl (C=O) groups is 1. The lowest BCUT2D eigenvalue weighted by atomic mass is 10.1. The molecular weight excluding hydrogens is 443 g/mol. The van der Waals surface area contributed by atoms with E-state index in [0.717, 1.165) is 17.3 Å². The standard InChI is InChI=1S/C21H16Cl2N4O2S/c1-11-16(23)4-3-5-17(11)25-19(28)12(2)30-21-26-18(15(10-24)20(29)27-21)13-6-8-14(22)9-7-13/h3-9,12H,1-2H3,(H,25,28)(H,26,27,29)/t12-/m1/s1. The molecule has 0 unspecified atom stereocenters. The molecule has 0 aliphatic heterocycles. The quantitative estimate of drug-likeness (QED) is 0.411. The molecule has 0 saturated carbocycles. The zero-order chi connectivity index (χ0) is 21.8. The lowest BCUT2D eigenvalue weighted by Crippen LogP contribution is -2.24. The Hall–Kier alpha value is -2.79. The largest absolute Gasteiger partial charge is 0.325 e. The highest BCUT2D eigenvalue weighted by Gasteiger charge is 2.20. The van der Waals surface area contributed by atoms with Gasteiger partial charge in [0, 0.05) is 21.3 Å². The maximum atomic E-state index is 12.6. The van der Waals surface area contributed by atoms with Crippen molar-refractivity contribution in [1.29, 1.82) is 5.26 Å². The van der Waals surface area contributed by atoms with Crippen molar-refractivity contribution in [1.82, 2.24) is 9.97 Å². The molecule has 1 aromatic heterocycles. The molecule has 0 spiro atoms. The Kier molecular flexibility index (Phi) is 6.83. The molecule has 2 aromatic carbocycles. The maximum absolute atomic E-state index is 12.6. The summed E-state index contributed by atoms with van der Waals surface area (Å²) in [5, 5.41) is 12.9. The van der Waals surface area contributed by atoms with Gasteiger partial charge in [0.2, 0.25) is 5.91 Å². The van der Waals surface area contributed by atoms with Gasteiger partial charge in [0.05, 0.1) is 10.9 Å². The van der Waals surface area contributed by atoms with Crippen LogP contribution >= 0.6 is 35.0 Å². The van der Waals surface area contributed by atoms with Gasteiger partial charge in [-0.05, 0) is 43.7 Å². The van der Waals surface area contributed by atoms with Crippen LogP contribution < -0.4 is 10.9 Å². The van der Waals surface area contributed by atoms with Gasteiger partial charge in [-0.25, -0.2) is 4.98 Å². The van der Waals surface area contributed by atoms with E-state index in [9.17, 15) is 14.9 Å². The van der Waals surface area contributed by atoms with Crippen molar-refractivity contribution < 1.29 is 4.79 Å². The van der Waals surface area contributed by atoms with Gasteiger partial charge in [-0.15, -0.1) is 0 Å². The van der Waals surface area contributed by atoms with Gasteiger partial charge in [-0.3, -0.25) is 9.59 Å². The predicted molar refractivity (Wildman–Crippen MR) is 120 cm³/mol. The van der Waals surface area contributed by atoms with Crippen molar-refractivity contribution in [3.05, 3.63) is 74.0 Å². The van der Waals surface area contributed by atoms with Gasteiger partial charge >= 0.3 is 0 Å². The highest BCUT2D eigenvalue weighted by atomic mass is 35.5. The molecule has 0 radical (unpaired) electrons. The first-order valence-corrected chi connectivity index (χ1v) is 10.5. The van der Waals surface area contributed by atoms with Crippen LogP contribution in [0.25, 0.3) is 11.3 Å². The average molecular weight is 459 g/mol. The number of thioether (sulfide) groups is 1. The molecule has 0 bridgehead atoms. The molecule has 0 aliphatic rings. The van der Waals surface area contributed by atoms with E-state index in [1.165, 1.54) is 0 Å². The molecule has 0 saturated heterocycles. The molecule has 3 rings (SSSR count). The third kappa shape index (κ3) is 4.85. The highest BCUT2D eigenvalue weighted by molar-refractivity contribution is 8.00. The van der Waals surface area contributed by atoms with Crippen LogP contribution in [0.4, 0.5) is 5.69 Å². The fraction of sp³-hybridized carbons (Fsp3) is 0.143. The van der Waals surface area contributed by atoms with Gasteiger partial charge in [-0.1, -0.05) is 53.2 Å². The molecule has 1 heterocycles. The van der Waals surface area contributed by atoms with E-state index in [0.29, 0.717) is 21.3 Å². The molecule has 2 N–H and O–H groups in total. The summed E-state index contributed by atoms with van der Waals surface area (Å²) in [6.45, 7) is 3.51. The van der Waals surface area contributed by atoms with E-state index in [1.807, 2.05) is 13.0 Å². The van der Waals surface area contributed by atoms with Crippen molar-refractivity contribution in [2.24, 2.45) is 0 Å². The molecule has 152 valence electrons. The van der Waals surface area contributed by atoms with Crippen LogP contribution in [0.5, 0.6) is 0 Å². The van der Waals surface area contributed by atoms with Crippen molar-refractivity contribution in [3.63, 3.8) is 0 Å². The summed E-state index contributed by atoms with van der Waals surface area (Å²) < 4.78 is 0. The summed E-state index contributed by atoms with van der Waals surface area (Å²) in [5.41, 5.74) is 1.52. The fourth-order valence-corrected chi connectivity index (χ4v) is 3.72. The first-order chi connectivity index (χ1) is 14.3. The third-order valence-corrected chi connectivity index (χ3v) is 5.96. The number of aromatic nitrogens is 2. The number of anilines is 1. The minimum atomic E-state index is -0.572. The Bertz CT molecular complexity index is 1200. The Balaban J connectivity index is 1.86. The summed E-state index contributed by atoms with van der Waals surface area (Å²) in [5.74, 6) is -0.273. The maximum Gasteiger partial charge on any atom is 0.270 e. The number of amides is 1. The molecule has 0 fully saturated rings. The fourth-order valence-electron chi connectivity index (χ4n) is 2.63. The van der Waals surface area contributed by atoms with Gasteiger partial charge < -0.3 is 10.3 Å². The van der Waals surface area contributed by atoms with Crippen LogP contribution in [0, 0.1) is 18.3 Å². The van der Waals surface area contributed by atoms with Crippen LogP contribution in [-0.4, -0.2) is 21.1 Å². The summed E-state index contributed by atoms with van der Waals surface area (Å²) in [4.78, 5) is 32.0. The van der Waals surface area contributed by atoms with Crippen molar-refractivity contribution in [2.75, 3.05) is 5.32 Å². The van der Waals surface area contributed by atoms with Crippen LogP contribution in [0.1, 0.15) is 18.1 Å². The Morgan fingerprint density at radius 1 is 1.23 bits per heavy atom. The lowest BCUT2D eigenvalue weighted by Gasteiger charge is -2.14. The van der Waals surface area contributed by atoms with Crippen LogP contribution in [-0.2, 0) is 4.79 Å². The number of hydrogen-bond donors (Lipinski definition) is 2. The third-order valence-electron chi connectivity index (χ3n) is 4.31. The van der Waals surface area contributed by atoms with Crippen LogP contribution in [0.2, 0.25) is 10.0 Å². The van der Waals surface area contributed by atoms with Gasteiger partial charge in [0.1, 0.15) is 11.6 Å². The zero-order valence-corrected chi connectivity index (χ0v) is 18.3. The number of benzene rings is 2. The Morgan fingerprint density at radius 2 is 1.93 bits per heavy atom. The van der Waals surface area contributed by atoms with Crippen LogP contribution in [0.3, 0.4) is 0 Å². The number of rotatable bonds is 5. The number of hydrogen-bond acceptors (Lipinski definition) is 5. The molecule has 0 aliphatic carbocycles. The topological polar surface area (TPSA) is 98.6 Å². The predicted octanol–water partition coefficient (Wildman–Crippen LogP) is 5.04. The normalized spacial score (nSPS) is 11.6. The van der Waals surface area contributed by atoms with Crippen LogP contribution in [0.15, 0.2) is 52.4 Å². The van der Waals surface area contributed by atoms with Gasteiger partial charge in [-0.2, -0.15) is 5.26 Å². The molecule has 1 amide bonds. The summed E-state index contributed by atoms with van der Waals surface area (Å²) in [7, 11) is 0. The van der Waals surface area contributed by atoms with Crippen molar-refractivity contribution in [3.8, 4) is 17.3 Å². The molecule has 9 heteroatoms. The smallest absolute Gasteiger partial charge is 0.270 e. The minimum absolute atomic E-state index is 0.103. The van der Waals surface area contributed by atoms with E-state index in [4.69, 9.17) is 23.2 Å². The molecule has 1 atom stereocenters. The number of aromatic amines is 1. The Morgan fingerprint density at radius 3 is 2.60 bits per heavy atom. The van der Waals surface area contributed by atoms with Gasteiger partial charge in [0.25, 0.3) is 5.56 Å². The van der Waals surface area contributed by atoms with E-state index in [2.05, 4.69) is 15.3 Å². The second kappa shape index (κ2) is 9.35. The molecule has 3 aromatic rings. The summed E-state index contributed by atoms with van der Waals surface area (Å²) >= 11 is 13.1. The average Bonchev–Trinajstić information content (AvgIpc) is 2.71. The number of nitrogens with one attached hydrogen (secondary N) is 2. The first kappa shape index (κ1) is 21.9. The van der Waals surface area contributed by atoms with E-state index < -0.39 is 10.8 Å². The second-order valence-corrected chi connectivity index (χ2v) is 8.55.